The van der Waals surface area contributed by atoms with Gasteiger partial charge in [-0.3, -0.25) is 19.3 Å². The molecule has 8 heteroatoms. The topological polar surface area (TPSA) is 83.8 Å². The lowest BCUT2D eigenvalue weighted by Gasteiger charge is -2.28. The maximum Gasteiger partial charge on any atom is 0.285 e. The third-order valence-electron chi connectivity index (χ3n) is 8.67. The maximum atomic E-state index is 14.2. The molecule has 3 aromatic carbocycles. The SMILES string of the molecule is C=C/C=C\C(=C/C)N1C(=O)/C(=C/c2cc(C)n(-c3ccc(C(C)(C)C)cc3)c2C)C(=O)N=C1SCC(=O)NC(c1ccccc1)c1ccccc1. The quantitative estimate of drug-likeness (QED) is 0.102. The summed E-state index contributed by atoms with van der Waals surface area (Å²) in [5, 5.41) is 3.25. The van der Waals surface area contributed by atoms with Crippen LogP contribution in [0.2, 0.25) is 0 Å². The highest BCUT2D eigenvalue weighted by atomic mass is 32.2. The molecular formula is C43H44N4O3S. The van der Waals surface area contributed by atoms with Crippen molar-refractivity contribution in [1.29, 1.82) is 0 Å². The lowest BCUT2D eigenvalue weighted by molar-refractivity contribution is -0.126. The van der Waals surface area contributed by atoms with E-state index in [1.165, 1.54) is 10.5 Å². The average molecular weight is 697 g/mol. The molecule has 0 aliphatic carbocycles. The summed E-state index contributed by atoms with van der Waals surface area (Å²) in [7, 11) is 0. The molecule has 1 aromatic heterocycles. The van der Waals surface area contributed by atoms with Crippen LogP contribution in [0.4, 0.5) is 0 Å². The van der Waals surface area contributed by atoms with Crippen LogP contribution in [0.25, 0.3) is 11.8 Å². The molecule has 260 valence electrons. The van der Waals surface area contributed by atoms with Gasteiger partial charge < -0.3 is 9.88 Å². The van der Waals surface area contributed by atoms with Crippen molar-refractivity contribution >= 4 is 40.7 Å². The smallest absolute Gasteiger partial charge is 0.285 e. The summed E-state index contributed by atoms with van der Waals surface area (Å²) in [4.78, 5) is 47.1. The van der Waals surface area contributed by atoms with Crippen LogP contribution in [-0.2, 0) is 19.8 Å². The van der Waals surface area contributed by atoms with Gasteiger partial charge in [-0.1, -0.05) is 130 Å². The van der Waals surface area contributed by atoms with Crippen LogP contribution >= 0.6 is 11.8 Å². The zero-order valence-corrected chi connectivity index (χ0v) is 30.8. The van der Waals surface area contributed by atoms with Gasteiger partial charge in [0.2, 0.25) is 5.91 Å². The van der Waals surface area contributed by atoms with Crippen LogP contribution in [-0.4, -0.2) is 38.1 Å². The Morgan fingerprint density at radius 1 is 0.941 bits per heavy atom. The molecule has 7 nitrogen and oxygen atoms in total. The number of aliphatic imine (C=N–C) groups is 1. The Kier molecular flexibility index (Phi) is 11.6. The molecule has 1 aliphatic heterocycles. The van der Waals surface area contributed by atoms with E-state index >= 15 is 0 Å². The largest absolute Gasteiger partial charge is 0.344 e. The third kappa shape index (κ3) is 8.47. The van der Waals surface area contributed by atoms with Gasteiger partial charge in [0.05, 0.1) is 11.8 Å². The minimum Gasteiger partial charge on any atom is -0.344 e. The number of allylic oxidation sites excluding steroid dienone is 4. The number of carbonyl (C=O) groups is 3. The Balaban J connectivity index is 1.44. The van der Waals surface area contributed by atoms with Gasteiger partial charge >= 0.3 is 0 Å². The number of carbonyl (C=O) groups excluding carboxylic acids is 3. The van der Waals surface area contributed by atoms with E-state index in [1.54, 1.807) is 37.3 Å². The zero-order valence-electron chi connectivity index (χ0n) is 30.0. The van der Waals surface area contributed by atoms with Gasteiger partial charge in [-0.25, -0.2) is 0 Å². The van der Waals surface area contributed by atoms with Crippen LogP contribution in [0.3, 0.4) is 0 Å². The second-order valence-electron chi connectivity index (χ2n) is 13.3. The highest BCUT2D eigenvalue weighted by Gasteiger charge is 2.35. The summed E-state index contributed by atoms with van der Waals surface area (Å²) in [6, 6.07) is 29.5. The second kappa shape index (κ2) is 16.0. The van der Waals surface area contributed by atoms with Crippen LogP contribution in [0, 0.1) is 13.8 Å². The van der Waals surface area contributed by atoms with Crippen LogP contribution in [0.15, 0.2) is 138 Å². The molecule has 0 radical (unpaired) electrons. The molecule has 3 amide bonds. The Hall–Kier alpha value is -5.47. The number of aromatic nitrogens is 1. The highest BCUT2D eigenvalue weighted by molar-refractivity contribution is 8.14. The van der Waals surface area contributed by atoms with Crippen LogP contribution in [0.1, 0.15) is 67.4 Å². The van der Waals surface area contributed by atoms with E-state index in [9.17, 15) is 14.4 Å². The van der Waals surface area contributed by atoms with Crippen LogP contribution in [0.5, 0.6) is 0 Å². The number of hydrogen-bond donors (Lipinski definition) is 1. The number of benzene rings is 3. The number of nitrogens with zero attached hydrogens (tertiary/aromatic N) is 3. The first-order chi connectivity index (χ1) is 24.4. The van der Waals surface area contributed by atoms with Gasteiger partial charge in [0, 0.05) is 22.8 Å². The normalized spacial score (nSPS) is 14.8. The maximum absolute atomic E-state index is 14.2. The van der Waals surface area contributed by atoms with Gasteiger partial charge in [-0.2, -0.15) is 4.99 Å². The van der Waals surface area contributed by atoms with E-state index in [0.717, 1.165) is 45.5 Å². The number of rotatable bonds is 10. The van der Waals surface area contributed by atoms with E-state index < -0.39 is 11.8 Å². The molecule has 1 aliphatic rings. The average Bonchev–Trinajstić information content (AvgIpc) is 3.41. The number of hydrogen-bond acceptors (Lipinski definition) is 4. The molecule has 5 rings (SSSR count). The van der Waals surface area contributed by atoms with Crippen LogP contribution < -0.4 is 5.32 Å². The molecule has 2 heterocycles. The van der Waals surface area contributed by atoms with Crippen molar-refractivity contribution in [3.63, 3.8) is 0 Å². The third-order valence-corrected chi connectivity index (χ3v) is 9.61. The summed E-state index contributed by atoms with van der Waals surface area (Å²) in [5.41, 5.74) is 7.16. The Morgan fingerprint density at radius 3 is 2.10 bits per heavy atom. The Morgan fingerprint density at radius 2 is 1.55 bits per heavy atom. The van der Waals surface area contributed by atoms with Crippen molar-refractivity contribution in [2.45, 2.75) is 53.0 Å². The van der Waals surface area contributed by atoms with Crippen molar-refractivity contribution in [3.05, 3.63) is 167 Å². The molecular weight excluding hydrogens is 653 g/mol. The van der Waals surface area contributed by atoms with E-state index in [2.05, 4.69) is 66.5 Å². The second-order valence-corrected chi connectivity index (χ2v) is 14.2. The molecule has 0 unspecified atom stereocenters. The molecule has 0 bridgehead atoms. The summed E-state index contributed by atoms with van der Waals surface area (Å²) >= 11 is 1.04. The van der Waals surface area contributed by atoms with Crippen molar-refractivity contribution < 1.29 is 14.4 Å². The van der Waals surface area contributed by atoms with E-state index in [-0.39, 0.29) is 33.9 Å². The highest BCUT2D eigenvalue weighted by Crippen LogP contribution is 2.30. The molecule has 0 saturated carbocycles. The van der Waals surface area contributed by atoms with Gasteiger partial charge in [0.15, 0.2) is 5.17 Å². The fourth-order valence-corrected chi connectivity index (χ4v) is 6.80. The first-order valence-electron chi connectivity index (χ1n) is 16.9. The molecule has 0 spiro atoms. The monoisotopic (exact) mass is 696 g/mol. The fourth-order valence-electron chi connectivity index (χ4n) is 5.99. The number of amidine groups is 1. The lowest BCUT2D eigenvalue weighted by atomic mass is 9.87. The minimum absolute atomic E-state index is 0.0311. The summed E-state index contributed by atoms with van der Waals surface area (Å²) in [6.45, 7) is 16.1. The Bertz CT molecular complexity index is 2010. The van der Waals surface area contributed by atoms with E-state index in [1.807, 2.05) is 80.6 Å². The van der Waals surface area contributed by atoms with Gasteiger partial charge in [0.1, 0.15) is 5.57 Å². The summed E-state index contributed by atoms with van der Waals surface area (Å²) in [6.07, 6.45) is 8.41. The molecule has 0 saturated heterocycles. The standard InChI is InChI=1S/C43H44N4O3S/c1-8-10-21-35(9-2)47-41(50)37(27-33-26-29(3)46(30(33)4)36-24-22-34(23-25-36)43(5,6)7)40(49)45-42(47)51-28-38(48)44-39(31-17-13-11-14-18-31)32-19-15-12-16-20-32/h8-27,39H,1,28H2,2-7H3,(H,44,48)/b21-10-,35-9+,37-27+. The van der Waals surface area contributed by atoms with Gasteiger partial charge in [-0.05, 0) is 78.8 Å². The number of aryl methyl sites for hydroxylation is 1. The summed E-state index contributed by atoms with van der Waals surface area (Å²) in [5.74, 6) is -1.52. The molecule has 51 heavy (non-hydrogen) atoms. The molecule has 1 N–H and O–H groups in total. The van der Waals surface area contributed by atoms with Crippen molar-refractivity contribution in [3.8, 4) is 5.69 Å². The van der Waals surface area contributed by atoms with Crippen molar-refractivity contribution in [2.75, 3.05) is 5.75 Å². The Labute approximate surface area is 305 Å². The van der Waals surface area contributed by atoms with Crippen molar-refractivity contribution in [2.24, 2.45) is 4.99 Å². The van der Waals surface area contributed by atoms with Gasteiger partial charge in [0.25, 0.3) is 11.8 Å². The first kappa shape index (κ1) is 36.8. The number of amides is 3. The zero-order chi connectivity index (χ0) is 36.7. The molecule has 0 atom stereocenters. The van der Waals surface area contributed by atoms with Crippen molar-refractivity contribution in [1.82, 2.24) is 14.8 Å². The summed E-state index contributed by atoms with van der Waals surface area (Å²) < 4.78 is 2.11. The van der Waals surface area contributed by atoms with Gasteiger partial charge in [-0.15, -0.1) is 0 Å². The number of thioether (sulfide) groups is 1. The predicted molar refractivity (Wildman–Crippen MR) is 210 cm³/mol. The first-order valence-corrected chi connectivity index (χ1v) is 17.9. The molecule has 0 fully saturated rings. The molecule has 4 aromatic rings. The van der Waals surface area contributed by atoms with E-state index in [0.29, 0.717) is 5.70 Å². The number of nitrogens with one attached hydrogen (secondary N) is 1. The van der Waals surface area contributed by atoms with E-state index in [4.69, 9.17) is 0 Å². The minimum atomic E-state index is -0.659. The lowest BCUT2D eigenvalue weighted by Crippen LogP contribution is -2.42. The fraction of sp³-hybridized carbons (Fsp3) is 0.209. The predicted octanol–water partition coefficient (Wildman–Crippen LogP) is 8.78.